The Bertz CT molecular complexity index is 593. The van der Waals surface area contributed by atoms with E-state index in [4.69, 9.17) is 16.0 Å². The van der Waals surface area contributed by atoms with Crippen LogP contribution >= 0.6 is 0 Å². The molecule has 18 heavy (non-hydrogen) atoms. The standard InChI is InChI=1S/C14H20N2O2/c1-14(2,3)18-13(17)16-8-11(9-16)10-4-6-12(15)7-5-10/h4-7,11H,8-9,15H2,1-3H3/i4D,5D,6D,7D. The van der Waals surface area contributed by atoms with Gasteiger partial charge < -0.3 is 15.4 Å². The van der Waals surface area contributed by atoms with E-state index in [0.29, 0.717) is 18.7 Å². The predicted octanol–water partition coefficient (Wildman–Crippen LogP) is 2.60. The van der Waals surface area contributed by atoms with Crippen LogP contribution in [0.2, 0.25) is 0 Å². The normalized spacial score (nSPS) is 19.4. The summed E-state index contributed by atoms with van der Waals surface area (Å²) in [6.45, 7) is 5.98. The Labute approximate surface area is 113 Å². The first-order chi connectivity index (χ1) is 10.0. The molecule has 2 N–H and O–H groups in total. The number of nitrogens with zero attached hydrogens (tertiary/aromatic N) is 1. The largest absolute Gasteiger partial charge is 0.444 e. The second kappa shape index (κ2) is 4.52. The third-order valence-corrected chi connectivity index (χ3v) is 2.61. The number of likely N-dealkylation sites (tertiary alicyclic amines) is 1. The van der Waals surface area contributed by atoms with Gasteiger partial charge in [-0.2, -0.15) is 0 Å². The van der Waals surface area contributed by atoms with Crippen molar-refractivity contribution in [3.05, 3.63) is 29.7 Å². The zero-order valence-electron chi connectivity index (χ0n) is 14.8. The predicted molar refractivity (Wildman–Crippen MR) is 71.4 cm³/mol. The molecular weight excluding hydrogens is 228 g/mol. The number of amides is 1. The number of hydrogen-bond acceptors (Lipinski definition) is 3. The Balaban J connectivity index is 2.16. The summed E-state index contributed by atoms with van der Waals surface area (Å²) in [5.74, 6) is -0.235. The molecule has 1 aromatic carbocycles. The lowest BCUT2D eigenvalue weighted by molar-refractivity contribution is 0.00820. The Hall–Kier alpha value is -1.71. The highest BCUT2D eigenvalue weighted by molar-refractivity contribution is 5.69. The summed E-state index contributed by atoms with van der Waals surface area (Å²) in [6, 6.07) is -0.724. The maximum absolute atomic E-state index is 11.9. The molecule has 98 valence electrons. The number of carbonyl (C=O) groups is 1. The van der Waals surface area contributed by atoms with Crippen LogP contribution in [0.5, 0.6) is 0 Å². The minimum atomic E-state index is -0.576. The molecule has 1 fully saturated rings. The molecule has 1 aliphatic heterocycles. The molecule has 2 rings (SSSR count). The highest BCUT2D eigenvalue weighted by Gasteiger charge is 2.34. The quantitative estimate of drug-likeness (QED) is 0.782. The van der Waals surface area contributed by atoms with Crippen molar-refractivity contribution in [2.24, 2.45) is 0 Å². The average Bonchev–Trinajstić information content (AvgIpc) is 2.34. The van der Waals surface area contributed by atoms with Gasteiger partial charge in [-0.1, -0.05) is 12.1 Å². The molecule has 0 bridgehead atoms. The van der Waals surface area contributed by atoms with Crippen molar-refractivity contribution in [3.63, 3.8) is 0 Å². The molecule has 0 atom stereocenters. The van der Waals surface area contributed by atoms with Gasteiger partial charge in [0, 0.05) is 24.7 Å². The minimum absolute atomic E-state index is 0.132. The van der Waals surface area contributed by atoms with Crippen molar-refractivity contribution in [2.75, 3.05) is 18.8 Å². The van der Waals surface area contributed by atoms with Crippen LogP contribution in [0.3, 0.4) is 0 Å². The number of hydrogen-bond donors (Lipinski definition) is 1. The molecule has 1 aliphatic rings. The topological polar surface area (TPSA) is 55.6 Å². The van der Waals surface area contributed by atoms with Crippen molar-refractivity contribution in [1.82, 2.24) is 4.90 Å². The van der Waals surface area contributed by atoms with Crippen LogP contribution in [0.15, 0.2) is 24.2 Å². The number of nitrogen functional groups attached to an aromatic ring is 1. The lowest BCUT2D eigenvalue weighted by Crippen LogP contribution is -2.50. The van der Waals surface area contributed by atoms with Crippen LogP contribution in [0.25, 0.3) is 0 Å². The summed E-state index contributed by atoms with van der Waals surface area (Å²) in [5, 5.41) is 0. The summed E-state index contributed by atoms with van der Waals surface area (Å²) in [4.78, 5) is 13.4. The van der Waals surface area contributed by atoms with Gasteiger partial charge in [0.25, 0.3) is 0 Å². The first-order valence-corrected chi connectivity index (χ1v) is 5.86. The third-order valence-electron chi connectivity index (χ3n) is 2.61. The van der Waals surface area contributed by atoms with Crippen molar-refractivity contribution in [2.45, 2.75) is 32.3 Å². The van der Waals surface area contributed by atoms with Gasteiger partial charge in [0.1, 0.15) is 5.60 Å². The van der Waals surface area contributed by atoms with Gasteiger partial charge in [-0.3, -0.25) is 0 Å². The zero-order valence-corrected chi connectivity index (χ0v) is 10.8. The van der Waals surface area contributed by atoms with Crippen LogP contribution in [-0.2, 0) is 4.74 Å². The fourth-order valence-electron chi connectivity index (χ4n) is 1.67. The number of benzene rings is 1. The number of carbonyl (C=O) groups excluding carboxylic acids is 1. The Morgan fingerprint density at radius 2 is 1.94 bits per heavy atom. The molecular formula is C14H20N2O2. The van der Waals surface area contributed by atoms with Crippen molar-refractivity contribution in [3.8, 4) is 0 Å². The molecule has 0 aliphatic carbocycles. The van der Waals surface area contributed by atoms with E-state index in [1.807, 2.05) is 0 Å². The van der Waals surface area contributed by atoms with E-state index >= 15 is 0 Å². The number of ether oxygens (including phenoxy) is 1. The van der Waals surface area contributed by atoms with Crippen molar-refractivity contribution >= 4 is 11.8 Å². The van der Waals surface area contributed by atoms with E-state index in [-0.39, 0.29) is 35.8 Å². The lowest BCUT2D eigenvalue weighted by atomic mass is 9.92. The SMILES string of the molecule is [2H]c1c([2H])c(C2CN(C(=O)OC(C)(C)C)C2)c([2H])c([2H])c1N. The van der Waals surface area contributed by atoms with Gasteiger partial charge >= 0.3 is 6.09 Å². The smallest absolute Gasteiger partial charge is 0.410 e. The molecule has 0 unspecified atom stereocenters. The van der Waals surface area contributed by atoms with Gasteiger partial charge in [0.15, 0.2) is 0 Å². The number of anilines is 1. The maximum Gasteiger partial charge on any atom is 0.410 e. The Kier molecular flexibility index (Phi) is 2.11. The van der Waals surface area contributed by atoms with Crippen LogP contribution in [0, 0.1) is 0 Å². The van der Waals surface area contributed by atoms with Crippen LogP contribution in [0.4, 0.5) is 10.5 Å². The third kappa shape index (κ3) is 2.94. The lowest BCUT2D eigenvalue weighted by Gasteiger charge is -2.40. The van der Waals surface area contributed by atoms with E-state index in [9.17, 15) is 4.79 Å². The molecule has 0 radical (unpaired) electrons. The molecule has 1 saturated heterocycles. The van der Waals surface area contributed by atoms with Crippen molar-refractivity contribution in [1.29, 1.82) is 0 Å². The summed E-state index contributed by atoms with van der Waals surface area (Å²) in [6.07, 6.45) is -0.436. The molecule has 4 nitrogen and oxygen atoms in total. The molecule has 1 amide bonds. The average molecular weight is 252 g/mol. The van der Waals surface area contributed by atoms with Gasteiger partial charge in [-0.05, 0) is 38.4 Å². The zero-order chi connectivity index (χ0) is 16.8. The number of nitrogens with two attached hydrogens (primary N) is 1. The maximum atomic E-state index is 11.9. The first kappa shape index (κ1) is 8.40. The number of rotatable bonds is 1. The van der Waals surface area contributed by atoms with E-state index in [1.54, 1.807) is 20.8 Å². The highest BCUT2D eigenvalue weighted by Crippen LogP contribution is 2.28. The van der Waals surface area contributed by atoms with Gasteiger partial charge in [0.05, 0.1) is 5.48 Å². The summed E-state index contributed by atoms with van der Waals surface area (Å²) >= 11 is 0. The first-order valence-electron chi connectivity index (χ1n) is 7.86. The molecule has 1 heterocycles. The summed E-state index contributed by atoms with van der Waals surface area (Å²) < 4.78 is 36.7. The van der Waals surface area contributed by atoms with Gasteiger partial charge in [0.2, 0.25) is 0 Å². The van der Waals surface area contributed by atoms with Crippen LogP contribution in [-0.4, -0.2) is 29.7 Å². The monoisotopic (exact) mass is 252 g/mol. The fourth-order valence-corrected chi connectivity index (χ4v) is 1.67. The Morgan fingerprint density at radius 3 is 2.44 bits per heavy atom. The van der Waals surface area contributed by atoms with Gasteiger partial charge in [-0.25, -0.2) is 4.79 Å². The minimum Gasteiger partial charge on any atom is -0.444 e. The van der Waals surface area contributed by atoms with E-state index in [2.05, 4.69) is 0 Å². The highest BCUT2D eigenvalue weighted by atomic mass is 16.6. The second-order valence-electron chi connectivity index (χ2n) is 5.41. The van der Waals surface area contributed by atoms with Crippen molar-refractivity contribution < 1.29 is 15.0 Å². The molecule has 4 heteroatoms. The second-order valence-corrected chi connectivity index (χ2v) is 5.41. The molecule has 0 saturated carbocycles. The Morgan fingerprint density at radius 1 is 1.39 bits per heavy atom. The summed E-state index contributed by atoms with van der Waals surface area (Å²) in [7, 11) is 0. The van der Waals surface area contributed by atoms with E-state index in [1.165, 1.54) is 4.90 Å². The van der Waals surface area contributed by atoms with Crippen LogP contribution in [0.1, 0.15) is 37.7 Å². The van der Waals surface area contributed by atoms with Gasteiger partial charge in [-0.15, -0.1) is 0 Å². The molecule has 1 aromatic rings. The fraction of sp³-hybridized carbons (Fsp3) is 0.500. The molecule has 0 aromatic heterocycles. The summed E-state index contributed by atoms with van der Waals surface area (Å²) in [5.41, 5.74) is 5.14. The van der Waals surface area contributed by atoms with Crippen LogP contribution < -0.4 is 5.73 Å². The molecule has 0 spiro atoms. The van der Waals surface area contributed by atoms with E-state index < -0.39 is 11.7 Å². The van der Waals surface area contributed by atoms with E-state index in [0.717, 1.165) is 0 Å².